The van der Waals surface area contributed by atoms with Crippen LogP contribution in [0.2, 0.25) is 0 Å². The molecular weight excluding hydrogens is 360 g/mol. The number of amides is 2. The van der Waals surface area contributed by atoms with Gasteiger partial charge < -0.3 is 24.4 Å². The predicted molar refractivity (Wildman–Crippen MR) is 107 cm³/mol. The van der Waals surface area contributed by atoms with Gasteiger partial charge in [0.1, 0.15) is 5.75 Å². The summed E-state index contributed by atoms with van der Waals surface area (Å²) < 4.78 is 16.1. The zero-order valence-corrected chi connectivity index (χ0v) is 16.0. The van der Waals surface area contributed by atoms with Gasteiger partial charge in [0.05, 0.1) is 19.9 Å². The molecule has 7 heteroatoms. The average Bonchev–Trinajstić information content (AvgIpc) is 2.71. The summed E-state index contributed by atoms with van der Waals surface area (Å²) in [5.41, 5.74) is 1.55. The van der Waals surface area contributed by atoms with E-state index in [1.54, 1.807) is 54.3 Å². The molecule has 1 aliphatic heterocycles. The minimum atomic E-state index is -0.570. The Balaban J connectivity index is 1.87. The topological polar surface area (TPSA) is 77.1 Å². The third-order valence-electron chi connectivity index (χ3n) is 4.38. The first kappa shape index (κ1) is 19.3. The molecule has 1 heterocycles. The highest BCUT2D eigenvalue weighted by Gasteiger charge is 2.31. The summed E-state index contributed by atoms with van der Waals surface area (Å²) in [7, 11) is 3.04. The van der Waals surface area contributed by atoms with Crippen molar-refractivity contribution in [3.8, 4) is 17.2 Å². The van der Waals surface area contributed by atoms with Crippen molar-refractivity contribution in [3.05, 3.63) is 54.6 Å². The normalized spacial score (nSPS) is 15.3. The van der Waals surface area contributed by atoms with Crippen LogP contribution in [0.1, 0.15) is 17.3 Å². The van der Waals surface area contributed by atoms with Crippen molar-refractivity contribution >= 4 is 23.2 Å². The largest absolute Gasteiger partial charge is 0.493 e. The molecular formula is C21H22N2O5. The quantitative estimate of drug-likeness (QED) is 0.776. The maximum absolute atomic E-state index is 12.6. The van der Waals surface area contributed by atoms with E-state index in [0.29, 0.717) is 40.7 Å². The molecule has 2 aromatic rings. The molecule has 0 aliphatic carbocycles. The van der Waals surface area contributed by atoms with E-state index in [0.717, 1.165) is 0 Å². The number of ether oxygens (including phenoxy) is 3. The van der Waals surface area contributed by atoms with Gasteiger partial charge in [-0.2, -0.15) is 0 Å². The first-order valence-electron chi connectivity index (χ1n) is 8.74. The van der Waals surface area contributed by atoms with Crippen molar-refractivity contribution in [2.24, 2.45) is 0 Å². The summed E-state index contributed by atoms with van der Waals surface area (Å²) in [6.45, 7) is 5.76. The molecule has 2 amide bonds. The van der Waals surface area contributed by atoms with E-state index in [1.165, 1.54) is 14.2 Å². The Morgan fingerprint density at radius 3 is 2.64 bits per heavy atom. The van der Waals surface area contributed by atoms with E-state index in [1.807, 2.05) is 0 Å². The molecule has 3 rings (SSSR count). The molecule has 0 aromatic heterocycles. The molecule has 1 aliphatic rings. The SMILES string of the molecule is C=CCN1C(=O)C(C)Oc2ccc(NC(=O)c3ccc(OC)c(OC)c3)cc21. The standard InChI is InChI=1S/C21H22N2O5/c1-5-10-23-16-12-15(7-9-17(16)28-13(2)21(23)25)22-20(24)14-6-8-18(26-3)19(11-14)27-4/h5-9,11-13H,1,10H2,2-4H3,(H,22,24). The molecule has 28 heavy (non-hydrogen) atoms. The third-order valence-corrected chi connectivity index (χ3v) is 4.38. The third kappa shape index (κ3) is 3.64. The molecule has 0 saturated heterocycles. The number of rotatable bonds is 6. The van der Waals surface area contributed by atoms with Gasteiger partial charge in [-0.3, -0.25) is 9.59 Å². The van der Waals surface area contributed by atoms with Gasteiger partial charge in [-0.25, -0.2) is 0 Å². The lowest BCUT2D eigenvalue weighted by Crippen LogP contribution is -2.44. The fourth-order valence-corrected chi connectivity index (χ4v) is 2.98. The Bertz CT molecular complexity index is 925. The van der Waals surface area contributed by atoms with E-state index in [2.05, 4.69) is 11.9 Å². The molecule has 1 unspecified atom stereocenters. The summed E-state index contributed by atoms with van der Waals surface area (Å²) in [6, 6.07) is 10.1. The fourth-order valence-electron chi connectivity index (χ4n) is 2.98. The number of benzene rings is 2. The van der Waals surface area contributed by atoms with Crippen molar-refractivity contribution in [2.75, 3.05) is 31.0 Å². The van der Waals surface area contributed by atoms with Crippen molar-refractivity contribution in [3.63, 3.8) is 0 Å². The van der Waals surface area contributed by atoms with Gasteiger partial charge in [-0.15, -0.1) is 6.58 Å². The van der Waals surface area contributed by atoms with Crippen LogP contribution in [0.4, 0.5) is 11.4 Å². The van der Waals surface area contributed by atoms with Crippen LogP contribution in [-0.2, 0) is 4.79 Å². The molecule has 1 atom stereocenters. The number of hydrogen-bond donors (Lipinski definition) is 1. The second-order valence-electron chi connectivity index (χ2n) is 6.20. The first-order chi connectivity index (χ1) is 13.5. The molecule has 0 spiro atoms. The van der Waals surface area contributed by atoms with Gasteiger partial charge in [0.15, 0.2) is 17.6 Å². The smallest absolute Gasteiger partial charge is 0.268 e. The fraction of sp³-hybridized carbons (Fsp3) is 0.238. The van der Waals surface area contributed by atoms with Crippen LogP contribution in [-0.4, -0.2) is 38.7 Å². The lowest BCUT2D eigenvalue weighted by Gasteiger charge is -2.32. The zero-order valence-electron chi connectivity index (χ0n) is 16.0. The van der Waals surface area contributed by atoms with E-state index >= 15 is 0 Å². The number of anilines is 2. The van der Waals surface area contributed by atoms with Gasteiger partial charge in [0.25, 0.3) is 11.8 Å². The summed E-state index contributed by atoms with van der Waals surface area (Å²) in [5.74, 6) is 1.12. The van der Waals surface area contributed by atoms with Gasteiger partial charge in [0.2, 0.25) is 0 Å². The summed E-state index contributed by atoms with van der Waals surface area (Å²) >= 11 is 0. The van der Waals surface area contributed by atoms with Gasteiger partial charge in [-0.1, -0.05) is 6.08 Å². The second kappa shape index (κ2) is 8.04. The van der Waals surface area contributed by atoms with E-state index in [9.17, 15) is 9.59 Å². The molecule has 7 nitrogen and oxygen atoms in total. The van der Waals surface area contributed by atoms with Crippen molar-refractivity contribution < 1.29 is 23.8 Å². The maximum atomic E-state index is 12.6. The number of nitrogens with one attached hydrogen (secondary N) is 1. The molecule has 0 saturated carbocycles. The van der Waals surface area contributed by atoms with E-state index in [4.69, 9.17) is 14.2 Å². The van der Waals surface area contributed by atoms with Crippen molar-refractivity contribution in [1.82, 2.24) is 0 Å². The Morgan fingerprint density at radius 1 is 1.21 bits per heavy atom. The highest BCUT2D eigenvalue weighted by molar-refractivity contribution is 6.06. The Labute approximate surface area is 163 Å². The molecule has 0 fully saturated rings. The molecule has 0 radical (unpaired) electrons. The van der Waals surface area contributed by atoms with E-state index in [-0.39, 0.29) is 11.8 Å². The van der Waals surface area contributed by atoms with Crippen LogP contribution in [0.15, 0.2) is 49.1 Å². The Morgan fingerprint density at radius 2 is 1.96 bits per heavy atom. The number of carbonyl (C=O) groups is 2. The van der Waals surface area contributed by atoms with Crippen LogP contribution in [0.25, 0.3) is 0 Å². The maximum Gasteiger partial charge on any atom is 0.268 e. The Kier molecular flexibility index (Phi) is 5.54. The van der Waals surface area contributed by atoms with Crippen LogP contribution in [0.5, 0.6) is 17.2 Å². The number of carbonyl (C=O) groups excluding carboxylic acids is 2. The van der Waals surface area contributed by atoms with E-state index < -0.39 is 6.10 Å². The predicted octanol–water partition coefficient (Wildman–Crippen LogP) is 3.26. The van der Waals surface area contributed by atoms with Crippen LogP contribution in [0, 0.1) is 0 Å². The zero-order chi connectivity index (χ0) is 20.3. The van der Waals surface area contributed by atoms with Gasteiger partial charge in [-0.05, 0) is 43.3 Å². The highest BCUT2D eigenvalue weighted by Crippen LogP contribution is 2.36. The van der Waals surface area contributed by atoms with Crippen LogP contribution < -0.4 is 24.4 Å². The molecule has 1 N–H and O–H groups in total. The van der Waals surface area contributed by atoms with Crippen LogP contribution in [0.3, 0.4) is 0 Å². The molecule has 0 bridgehead atoms. The Hall–Kier alpha value is -3.48. The molecule has 146 valence electrons. The first-order valence-corrected chi connectivity index (χ1v) is 8.74. The van der Waals surface area contributed by atoms with Crippen molar-refractivity contribution in [1.29, 1.82) is 0 Å². The minimum absolute atomic E-state index is 0.157. The number of methoxy groups -OCH3 is 2. The number of nitrogens with zero attached hydrogens (tertiary/aromatic N) is 1. The van der Waals surface area contributed by atoms with Gasteiger partial charge >= 0.3 is 0 Å². The second-order valence-corrected chi connectivity index (χ2v) is 6.20. The minimum Gasteiger partial charge on any atom is -0.493 e. The summed E-state index contributed by atoms with van der Waals surface area (Å²) in [6.07, 6.45) is 1.08. The summed E-state index contributed by atoms with van der Waals surface area (Å²) in [5, 5.41) is 2.83. The molecule has 2 aromatic carbocycles. The lowest BCUT2D eigenvalue weighted by molar-refractivity contribution is -0.125. The van der Waals surface area contributed by atoms with Gasteiger partial charge in [0, 0.05) is 17.8 Å². The monoisotopic (exact) mass is 382 g/mol. The highest BCUT2D eigenvalue weighted by atomic mass is 16.5. The average molecular weight is 382 g/mol. The number of hydrogen-bond acceptors (Lipinski definition) is 5. The lowest BCUT2D eigenvalue weighted by atomic mass is 10.1. The summed E-state index contributed by atoms with van der Waals surface area (Å²) in [4.78, 5) is 26.6. The van der Waals surface area contributed by atoms with Crippen molar-refractivity contribution in [2.45, 2.75) is 13.0 Å². The number of fused-ring (bicyclic) bond motifs is 1. The van der Waals surface area contributed by atoms with Crippen LogP contribution >= 0.6 is 0 Å².